The van der Waals surface area contributed by atoms with E-state index in [0.717, 1.165) is 17.0 Å². The van der Waals surface area contributed by atoms with E-state index >= 15 is 0 Å². The molecule has 4 N–H and O–H groups in total. The molecule has 2 heterocycles. The summed E-state index contributed by atoms with van der Waals surface area (Å²) < 4.78 is 84.7. The monoisotopic (exact) mass is 593 g/mol. The van der Waals surface area contributed by atoms with Crippen LogP contribution < -0.4 is 11.1 Å². The number of carboxylic acid groups (broad SMARTS) is 1. The van der Waals surface area contributed by atoms with Gasteiger partial charge in [-0.15, -0.1) is 0 Å². The topological polar surface area (TPSA) is 157 Å². The van der Waals surface area contributed by atoms with Crippen molar-refractivity contribution in [2.75, 3.05) is 24.7 Å². The Kier molecular flexibility index (Phi) is 10.9. The van der Waals surface area contributed by atoms with E-state index < -0.39 is 46.0 Å². The molecule has 0 fully saturated rings. The second kappa shape index (κ2) is 13.5. The Morgan fingerprint density at radius 3 is 2.52 bits per heavy atom. The number of hydrogen-bond donors (Lipinski definition) is 3. The van der Waals surface area contributed by atoms with Crippen LogP contribution in [0.15, 0.2) is 39.9 Å². The van der Waals surface area contributed by atoms with Gasteiger partial charge in [0.2, 0.25) is 0 Å². The number of benzene rings is 1. The van der Waals surface area contributed by atoms with Crippen LogP contribution in [0, 0.1) is 6.92 Å². The molecule has 0 aliphatic heterocycles. The molecule has 3 rings (SSSR count). The van der Waals surface area contributed by atoms with Gasteiger partial charge in [0, 0.05) is 31.7 Å². The molecule has 0 aliphatic carbocycles. The molecule has 1 aromatic carbocycles. The Morgan fingerprint density at radius 1 is 1.32 bits per heavy atom. The zero-order valence-electron chi connectivity index (χ0n) is 21.7. The van der Waals surface area contributed by atoms with Crippen LogP contribution in [0.1, 0.15) is 28.3 Å². The number of hydrogen-bond acceptors (Lipinski definition) is 7. The largest absolute Gasteiger partial charge is 0.483 e. The van der Waals surface area contributed by atoms with E-state index in [1.54, 1.807) is 19.1 Å². The maximum absolute atomic E-state index is 13.5. The van der Waals surface area contributed by atoms with Crippen molar-refractivity contribution in [2.45, 2.75) is 37.4 Å². The summed E-state index contributed by atoms with van der Waals surface area (Å²) in [6.07, 6.45) is -3.83. The Bertz CT molecular complexity index is 1460. The van der Waals surface area contributed by atoms with E-state index in [0.29, 0.717) is 40.3 Å². The third-order valence-electron chi connectivity index (χ3n) is 5.36. The number of aryl methyl sites for hydroxylation is 1. The first-order valence-corrected chi connectivity index (χ1v) is 13.4. The van der Waals surface area contributed by atoms with Crippen molar-refractivity contribution >= 4 is 27.8 Å². The number of anilines is 1. The number of nitrogens with zero attached hydrogens (tertiary/aromatic N) is 5. The minimum atomic E-state index is -4.91. The van der Waals surface area contributed by atoms with E-state index in [-0.39, 0.29) is 18.0 Å². The van der Waals surface area contributed by atoms with Crippen LogP contribution >= 0.6 is 0 Å². The molecule has 0 bridgehead atoms. The van der Waals surface area contributed by atoms with Crippen molar-refractivity contribution in [3.05, 3.63) is 47.7 Å². The number of alkyl halides is 5. The van der Waals surface area contributed by atoms with Crippen molar-refractivity contribution in [3.8, 4) is 11.3 Å². The number of carbonyl (C=O) groups is 2. The normalized spacial score (nSPS) is 12.8. The molecule has 1 unspecified atom stereocenters. The zero-order valence-corrected chi connectivity index (χ0v) is 22.5. The summed E-state index contributed by atoms with van der Waals surface area (Å²) in [5.41, 5.74) is 4.42. The van der Waals surface area contributed by atoms with Gasteiger partial charge in [0.1, 0.15) is 6.54 Å². The van der Waals surface area contributed by atoms with E-state index in [1.807, 2.05) is 0 Å². The molecular weight excluding hydrogens is 565 g/mol. The fraction of sp³-hybridized carbons (Fsp3) is 0.391. The smallest absolute Gasteiger partial charge is 0.435 e. The average Bonchev–Trinajstić information content (AvgIpc) is 3.42. The summed E-state index contributed by atoms with van der Waals surface area (Å²) in [6, 6.07) is 4.70. The number of imidazole rings is 1. The second-order valence-corrected chi connectivity index (χ2v) is 10.7. The minimum Gasteiger partial charge on any atom is -0.483 e. The van der Waals surface area contributed by atoms with E-state index in [1.165, 1.54) is 19.4 Å². The Hall–Kier alpha value is -3.86. The molecule has 1 amide bonds. The molecule has 0 radical (unpaired) electrons. The van der Waals surface area contributed by atoms with Crippen molar-refractivity contribution < 1.29 is 40.9 Å². The highest BCUT2D eigenvalue weighted by Crippen LogP contribution is 2.36. The predicted octanol–water partition coefficient (Wildman–Crippen LogP) is 3.63. The summed E-state index contributed by atoms with van der Waals surface area (Å²) in [7, 11) is -1.35. The van der Waals surface area contributed by atoms with Crippen molar-refractivity contribution in [1.82, 2.24) is 19.3 Å². The van der Waals surface area contributed by atoms with Crippen LogP contribution in [-0.2, 0) is 34.3 Å². The summed E-state index contributed by atoms with van der Waals surface area (Å²) in [4.78, 5) is 25.6. The van der Waals surface area contributed by atoms with Gasteiger partial charge in [-0.2, -0.15) is 18.3 Å². The van der Waals surface area contributed by atoms with Gasteiger partial charge < -0.3 is 20.7 Å². The molecule has 11 nitrogen and oxygen atoms in total. The third kappa shape index (κ3) is 8.08. The van der Waals surface area contributed by atoms with Gasteiger partial charge in [-0.25, -0.2) is 22.3 Å². The lowest BCUT2D eigenvalue weighted by Crippen LogP contribution is -2.17. The van der Waals surface area contributed by atoms with Gasteiger partial charge in [-0.05, 0) is 43.7 Å². The molecule has 0 spiro atoms. The van der Waals surface area contributed by atoms with Crippen LogP contribution in [0.2, 0.25) is 0 Å². The highest BCUT2D eigenvalue weighted by atomic mass is 32.2. The van der Waals surface area contributed by atoms with Crippen molar-refractivity contribution in [2.24, 2.45) is 17.1 Å². The van der Waals surface area contributed by atoms with Crippen molar-refractivity contribution in [1.29, 1.82) is 0 Å². The maximum Gasteiger partial charge on any atom is 0.435 e. The summed E-state index contributed by atoms with van der Waals surface area (Å²) in [6.45, 7) is 1.21. The molecule has 40 heavy (non-hydrogen) atoms. The van der Waals surface area contributed by atoms with Gasteiger partial charge in [0.25, 0.3) is 18.8 Å². The van der Waals surface area contributed by atoms with Crippen LogP contribution in [0.3, 0.4) is 0 Å². The highest BCUT2D eigenvalue weighted by Gasteiger charge is 2.38. The van der Waals surface area contributed by atoms with Gasteiger partial charge in [0.15, 0.2) is 11.5 Å². The maximum atomic E-state index is 13.5. The van der Waals surface area contributed by atoms with Crippen molar-refractivity contribution in [3.63, 3.8) is 0 Å². The number of nitrogens with two attached hydrogens (primary N) is 1. The number of aromatic nitrogens is 4. The first-order chi connectivity index (χ1) is 18.7. The quantitative estimate of drug-likeness (QED) is 0.194. The lowest BCUT2D eigenvalue weighted by Gasteiger charge is -2.12. The fourth-order valence-electron chi connectivity index (χ4n) is 3.66. The number of rotatable bonds is 9. The fourth-order valence-corrected chi connectivity index (χ4v) is 5.26. The molecule has 0 aliphatic rings. The lowest BCUT2D eigenvalue weighted by molar-refractivity contribution is -0.141. The Balaban J connectivity index is 0.00000178. The SMILES string of the molecule is Cc1cc(NC(=O)c2ncc(-c3cn(CC(F)F)nc3C(F)(F)F)n2C)ccc1S(C)(=O)=NCCCN.O=CO. The lowest BCUT2D eigenvalue weighted by atomic mass is 10.2. The summed E-state index contributed by atoms with van der Waals surface area (Å²) in [5, 5.41) is 12.8. The number of amides is 1. The van der Waals surface area contributed by atoms with Gasteiger partial charge in [0.05, 0.1) is 32.1 Å². The molecule has 3 aromatic rings. The highest BCUT2D eigenvalue weighted by molar-refractivity contribution is 7.93. The molecular formula is C23H28F5N7O4S. The minimum absolute atomic E-state index is 0.130. The predicted molar refractivity (Wildman–Crippen MR) is 137 cm³/mol. The van der Waals surface area contributed by atoms with Crippen LogP contribution in [0.25, 0.3) is 11.3 Å². The van der Waals surface area contributed by atoms with E-state index in [2.05, 4.69) is 19.8 Å². The Labute approximate surface area is 226 Å². The van der Waals surface area contributed by atoms with Crippen LogP contribution in [0.4, 0.5) is 27.6 Å². The standard InChI is InChI=1S/C22H26F5N7O2S.CH2O2/c1-13-9-14(5-6-17(13)37(3,36)30-8-4-7-28)31-21(35)20-29-10-16(33(20)2)15-11-34(12-18(23)24)32-19(15)22(25,26)27;2-1-3/h5-6,9-11,18H,4,7-8,12,28H2,1-3H3,(H,31,35);1H,(H,2,3). The molecule has 1 atom stereocenters. The third-order valence-corrected chi connectivity index (χ3v) is 7.31. The van der Waals surface area contributed by atoms with Gasteiger partial charge >= 0.3 is 6.18 Å². The molecule has 0 saturated heterocycles. The van der Waals surface area contributed by atoms with Crippen LogP contribution in [0.5, 0.6) is 0 Å². The average molecular weight is 594 g/mol. The number of carbonyl (C=O) groups excluding carboxylic acids is 1. The first-order valence-electron chi connectivity index (χ1n) is 11.5. The van der Waals surface area contributed by atoms with E-state index in [4.69, 9.17) is 15.6 Å². The van der Waals surface area contributed by atoms with E-state index in [9.17, 15) is 31.0 Å². The molecule has 0 saturated carbocycles. The number of nitrogens with one attached hydrogen (secondary N) is 1. The molecule has 2 aromatic heterocycles. The summed E-state index contributed by atoms with van der Waals surface area (Å²) in [5.74, 6) is -0.943. The summed E-state index contributed by atoms with van der Waals surface area (Å²) >= 11 is 0. The number of halogens is 5. The van der Waals surface area contributed by atoms with Crippen LogP contribution in [-0.4, -0.2) is 66.8 Å². The van der Waals surface area contributed by atoms with Gasteiger partial charge in [-0.3, -0.25) is 14.3 Å². The van der Waals surface area contributed by atoms with Gasteiger partial charge in [-0.1, -0.05) is 0 Å². The second-order valence-electron chi connectivity index (χ2n) is 8.37. The molecule has 17 heteroatoms. The first kappa shape index (κ1) is 32.4. The molecule has 220 valence electrons. The zero-order chi connectivity index (χ0) is 30.3. The Morgan fingerprint density at radius 2 is 1.98 bits per heavy atom.